The smallest absolute Gasteiger partial charge is 0.0408 e. The fraction of sp³-hybridized carbons (Fsp3) is 0.444. The van der Waals surface area contributed by atoms with Crippen molar-refractivity contribution < 1.29 is 0 Å². The van der Waals surface area contributed by atoms with Crippen molar-refractivity contribution in [3.8, 4) is 0 Å². The van der Waals surface area contributed by atoms with Crippen LogP contribution in [-0.4, -0.2) is 11.0 Å². The molecular weight excluding hydrogens is 136 g/mol. The Balaban J connectivity index is 2.31. The number of aryl methyl sites for hydroxylation is 1. The van der Waals surface area contributed by atoms with E-state index in [0.717, 1.165) is 12.1 Å². The highest BCUT2D eigenvalue weighted by Crippen LogP contribution is 2.39. The Kier molecular flexibility index (Phi) is 1.43. The first-order chi connectivity index (χ1) is 5.29. The van der Waals surface area contributed by atoms with Crippen molar-refractivity contribution in [2.75, 3.05) is 0 Å². The Hall–Kier alpha value is -0.890. The van der Waals surface area contributed by atoms with Crippen molar-refractivity contribution >= 4 is 0 Å². The molecule has 1 aromatic heterocycles. The van der Waals surface area contributed by atoms with Crippen LogP contribution in [0, 0.1) is 6.92 Å². The van der Waals surface area contributed by atoms with Crippen LogP contribution >= 0.6 is 0 Å². The molecule has 2 rings (SSSR count). The highest BCUT2D eigenvalue weighted by Gasteiger charge is 2.35. The molecule has 0 radical (unpaired) electrons. The van der Waals surface area contributed by atoms with Crippen molar-refractivity contribution in [3.63, 3.8) is 0 Å². The quantitative estimate of drug-likeness (QED) is 0.650. The molecule has 0 aliphatic heterocycles. The van der Waals surface area contributed by atoms with Gasteiger partial charge in [0.25, 0.3) is 0 Å². The molecule has 58 valence electrons. The van der Waals surface area contributed by atoms with Gasteiger partial charge in [0.05, 0.1) is 0 Å². The van der Waals surface area contributed by atoms with Gasteiger partial charge in [-0.05, 0) is 25.0 Å². The van der Waals surface area contributed by atoms with Gasteiger partial charge < -0.3 is 5.73 Å². The van der Waals surface area contributed by atoms with Gasteiger partial charge in [0.2, 0.25) is 0 Å². The third kappa shape index (κ3) is 1.14. The summed E-state index contributed by atoms with van der Waals surface area (Å²) in [6.07, 6.45) is 2.96. The predicted molar refractivity (Wildman–Crippen MR) is 44.3 cm³/mol. The van der Waals surface area contributed by atoms with E-state index in [1.165, 1.54) is 5.56 Å². The molecule has 0 aromatic carbocycles. The maximum absolute atomic E-state index is 5.74. The maximum Gasteiger partial charge on any atom is 0.0408 e. The van der Waals surface area contributed by atoms with Crippen LogP contribution in [0.25, 0.3) is 0 Å². The zero-order valence-corrected chi connectivity index (χ0v) is 6.62. The molecule has 2 nitrogen and oxygen atoms in total. The van der Waals surface area contributed by atoms with E-state index < -0.39 is 0 Å². The SMILES string of the molecule is Cc1ncccc1[C@@H]1C[C@H]1N. The highest BCUT2D eigenvalue weighted by atomic mass is 14.8. The fourth-order valence-corrected chi connectivity index (χ4v) is 1.46. The summed E-state index contributed by atoms with van der Waals surface area (Å²) < 4.78 is 0. The molecular formula is C9H12N2. The molecule has 0 bridgehead atoms. The van der Waals surface area contributed by atoms with Gasteiger partial charge in [0.15, 0.2) is 0 Å². The Bertz CT molecular complexity index is 270. The van der Waals surface area contributed by atoms with Gasteiger partial charge in [-0.2, -0.15) is 0 Å². The van der Waals surface area contributed by atoms with Crippen LogP contribution in [0.5, 0.6) is 0 Å². The summed E-state index contributed by atoms with van der Waals surface area (Å²) in [5.74, 6) is 0.587. The summed E-state index contributed by atoms with van der Waals surface area (Å²) in [5.41, 5.74) is 8.20. The summed E-state index contributed by atoms with van der Waals surface area (Å²) in [7, 11) is 0. The lowest BCUT2D eigenvalue weighted by Crippen LogP contribution is -2.02. The number of pyridine rings is 1. The van der Waals surface area contributed by atoms with E-state index in [2.05, 4.69) is 11.1 Å². The fourth-order valence-electron chi connectivity index (χ4n) is 1.46. The molecule has 0 amide bonds. The summed E-state index contributed by atoms with van der Waals surface area (Å²) in [6.45, 7) is 2.04. The van der Waals surface area contributed by atoms with E-state index in [4.69, 9.17) is 5.73 Å². The molecule has 1 fully saturated rings. The van der Waals surface area contributed by atoms with E-state index >= 15 is 0 Å². The minimum absolute atomic E-state index is 0.387. The van der Waals surface area contributed by atoms with Gasteiger partial charge in [-0.15, -0.1) is 0 Å². The molecule has 2 atom stereocenters. The molecule has 2 heteroatoms. The minimum atomic E-state index is 0.387. The van der Waals surface area contributed by atoms with E-state index in [1.54, 1.807) is 0 Å². The second kappa shape index (κ2) is 2.31. The van der Waals surface area contributed by atoms with Gasteiger partial charge >= 0.3 is 0 Å². The van der Waals surface area contributed by atoms with Gasteiger partial charge in [-0.3, -0.25) is 4.98 Å². The summed E-state index contributed by atoms with van der Waals surface area (Å²) >= 11 is 0. The zero-order chi connectivity index (χ0) is 7.84. The minimum Gasteiger partial charge on any atom is -0.327 e. The molecule has 1 aromatic rings. The summed E-state index contributed by atoms with van der Waals surface area (Å²) in [6, 6.07) is 4.49. The topological polar surface area (TPSA) is 38.9 Å². The lowest BCUT2D eigenvalue weighted by Gasteiger charge is -2.00. The lowest BCUT2D eigenvalue weighted by molar-refractivity contribution is 0.960. The predicted octanol–water partition coefficient (Wildman–Crippen LogP) is 1.20. The lowest BCUT2D eigenvalue weighted by atomic mass is 10.1. The van der Waals surface area contributed by atoms with E-state index in [9.17, 15) is 0 Å². The van der Waals surface area contributed by atoms with Crippen molar-refractivity contribution in [2.45, 2.75) is 25.3 Å². The van der Waals surface area contributed by atoms with Crippen molar-refractivity contribution in [2.24, 2.45) is 5.73 Å². The van der Waals surface area contributed by atoms with Crippen LogP contribution in [0.2, 0.25) is 0 Å². The average Bonchev–Trinajstić information content (AvgIpc) is 2.68. The standard InChI is InChI=1S/C9H12N2/c1-6-7(3-2-4-11-6)8-5-9(8)10/h2-4,8-9H,5,10H2,1H3/t8-,9+/m0/s1. The summed E-state index contributed by atoms with van der Waals surface area (Å²) in [5, 5.41) is 0. The van der Waals surface area contributed by atoms with Crippen molar-refractivity contribution in [1.82, 2.24) is 4.98 Å². The molecule has 11 heavy (non-hydrogen) atoms. The Morgan fingerprint density at radius 1 is 1.64 bits per heavy atom. The molecule has 0 unspecified atom stereocenters. The maximum atomic E-state index is 5.74. The first-order valence-corrected chi connectivity index (χ1v) is 3.96. The number of hydrogen-bond donors (Lipinski definition) is 1. The second-order valence-electron chi connectivity index (χ2n) is 3.18. The van der Waals surface area contributed by atoms with Crippen LogP contribution in [0.3, 0.4) is 0 Å². The molecule has 1 aliphatic rings. The monoisotopic (exact) mass is 148 g/mol. The average molecular weight is 148 g/mol. The van der Waals surface area contributed by atoms with E-state index in [1.807, 2.05) is 19.2 Å². The molecule has 0 spiro atoms. The number of hydrogen-bond acceptors (Lipinski definition) is 2. The molecule has 2 N–H and O–H groups in total. The zero-order valence-electron chi connectivity index (χ0n) is 6.62. The number of nitrogens with zero attached hydrogens (tertiary/aromatic N) is 1. The molecule has 1 aliphatic carbocycles. The van der Waals surface area contributed by atoms with Gasteiger partial charge in [-0.25, -0.2) is 0 Å². The van der Waals surface area contributed by atoms with Crippen LogP contribution in [0.15, 0.2) is 18.3 Å². The second-order valence-corrected chi connectivity index (χ2v) is 3.18. The molecule has 1 heterocycles. The van der Waals surface area contributed by atoms with Crippen molar-refractivity contribution in [1.29, 1.82) is 0 Å². The van der Waals surface area contributed by atoms with Gasteiger partial charge in [-0.1, -0.05) is 6.07 Å². The van der Waals surface area contributed by atoms with Crippen molar-refractivity contribution in [3.05, 3.63) is 29.6 Å². The summed E-state index contributed by atoms with van der Waals surface area (Å²) in [4.78, 5) is 4.22. The first kappa shape index (κ1) is 6.80. The largest absolute Gasteiger partial charge is 0.327 e. The third-order valence-corrected chi connectivity index (χ3v) is 2.29. The Morgan fingerprint density at radius 3 is 2.91 bits per heavy atom. The van der Waals surface area contributed by atoms with Crippen LogP contribution in [0.4, 0.5) is 0 Å². The number of rotatable bonds is 1. The van der Waals surface area contributed by atoms with Gasteiger partial charge in [0.1, 0.15) is 0 Å². The number of nitrogens with two attached hydrogens (primary N) is 1. The van der Waals surface area contributed by atoms with Crippen LogP contribution in [0.1, 0.15) is 23.6 Å². The van der Waals surface area contributed by atoms with E-state index in [0.29, 0.717) is 12.0 Å². The Labute approximate surface area is 66.4 Å². The normalized spacial score (nSPS) is 28.5. The Morgan fingerprint density at radius 2 is 2.36 bits per heavy atom. The van der Waals surface area contributed by atoms with Crippen LogP contribution in [-0.2, 0) is 0 Å². The molecule has 0 saturated heterocycles. The van der Waals surface area contributed by atoms with Gasteiger partial charge in [0, 0.05) is 23.9 Å². The third-order valence-electron chi connectivity index (χ3n) is 2.29. The first-order valence-electron chi connectivity index (χ1n) is 3.96. The molecule has 1 saturated carbocycles. The van der Waals surface area contributed by atoms with Crippen LogP contribution < -0.4 is 5.73 Å². The van der Waals surface area contributed by atoms with E-state index in [-0.39, 0.29) is 0 Å². The highest BCUT2D eigenvalue weighted by molar-refractivity contribution is 5.30. The number of aromatic nitrogens is 1.